The van der Waals surface area contributed by atoms with Gasteiger partial charge in [0, 0.05) is 12.1 Å². The van der Waals surface area contributed by atoms with Gasteiger partial charge in [0.15, 0.2) is 5.95 Å². The molecule has 2 N–H and O–H groups in total. The van der Waals surface area contributed by atoms with Crippen LogP contribution in [0, 0.1) is 0 Å². The highest BCUT2D eigenvalue weighted by Crippen LogP contribution is 2.29. The number of rotatable bonds is 7. The van der Waals surface area contributed by atoms with Crippen LogP contribution in [0.15, 0.2) is 52.0 Å². The Labute approximate surface area is 180 Å². The lowest BCUT2D eigenvalue weighted by Gasteiger charge is -2.12. The fourth-order valence-electron chi connectivity index (χ4n) is 2.44. The minimum absolute atomic E-state index is 0.0202. The molecule has 0 saturated heterocycles. The first-order chi connectivity index (χ1) is 14.3. The summed E-state index contributed by atoms with van der Waals surface area (Å²) in [4.78, 5) is 23.7. The van der Waals surface area contributed by atoms with Gasteiger partial charge in [-0.25, -0.2) is 4.79 Å². The molecule has 0 radical (unpaired) electrons. The van der Waals surface area contributed by atoms with Gasteiger partial charge < -0.3 is 24.8 Å². The minimum Gasteiger partial charge on any atom is -0.538 e. The van der Waals surface area contributed by atoms with E-state index in [1.165, 1.54) is 30.0 Å². The van der Waals surface area contributed by atoms with Crippen molar-refractivity contribution in [3.05, 3.63) is 53.1 Å². The summed E-state index contributed by atoms with van der Waals surface area (Å²) in [7, 11) is 1.54. The number of halogens is 1. The van der Waals surface area contributed by atoms with Crippen molar-refractivity contribution in [2.24, 2.45) is 0 Å². The third-order valence-corrected chi connectivity index (χ3v) is 5.48. The maximum Gasteiger partial charge on any atom is 0.335 e. The third-order valence-electron chi connectivity index (χ3n) is 4.02. The zero-order chi connectivity index (χ0) is 21.8. The Morgan fingerprint density at radius 1 is 1.30 bits per heavy atom. The van der Waals surface area contributed by atoms with Crippen molar-refractivity contribution in [2.75, 3.05) is 12.4 Å². The van der Waals surface area contributed by atoms with E-state index in [2.05, 4.69) is 10.6 Å². The summed E-state index contributed by atoms with van der Waals surface area (Å²) in [5.41, 5.74) is 0.687. The van der Waals surface area contributed by atoms with Gasteiger partial charge in [-0.05, 0) is 53.7 Å². The summed E-state index contributed by atoms with van der Waals surface area (Å²) in [5.74, 6) is -1.69. The molecule has 2 aromatic carbocycles. The summed E-state index contributed by atoms with van der Waals surface area (Å²) < 4.78 is 11.1. The SMILES string of the molecule is COc1ccc(-[n+]2noc([O-])c2SC(C)C(=O)Nc2cc(C(=O)O)ccc2Cl)cc1. The number of carbonyl (C=O) groups excluding carboxylic acids is 1. The van der Waals surface area contributed by atoms with Crippen molar-refractivity contribution in [1.29, 1.82) is 0 Å². The van der Waals surface area contributed by atoms with E-state index in [4.69, 9.17) is 26.0 Å². The van der Waals surface area contributed by atoms with Gasteiger partial charge in [-0.3, -0.25) is 4.79 Å². The number of anilines is 1. The molecule has 1 unspecified atom stereocenters. The van der Waals surface area contributed by atoms with Crippen molar-refractivity contribution in [1.82, 2.24) is 5.27 Å². The summed E-state index contributed by atoms with van der Waals surface area (Å²) >= 11 is 6.99. The normalized spacial score (nSPS) is 11.7. The molecule has 9 nitrogen and oxygen atoms in total. The number of carboxylic acids is 1. The number of ether oxygens (including phenoxy) is 1. The lowest BCUT2D eigenvalue weighted by atomic mass is 10.2. The van der Waals surface area contributed by atoms with E-state index in [-0.39, 0.29) is 21.3 Å². The van der Waals surface area contributed by atoms with E-state index in [1.807, 2.05) is 0 Å². The second-order valence-electron chi connectivity index (χ2n) is 6.02. The quantitative estimate of drug-likeness (QED) is 0.416. The second kappa shape index (κ2) is 9.06. The molecule has 0 aliphatic rings. The predicted octanol–water partition coefficient (Wildman–Crippen LogP) is 2.50. The van der Waals surface area contributed by atoms with Crippen molar-refractivity contribution >= 4 is 40.9 Å². The van der Waals surface area contributed by atoms with E-state index in [1.54, 1.807) is 31.2 Å². The number of hydrogen-bond acceptors (Lipinski definition) is 7. The monoisotopic (exact) mass is 449 g/mol. The average molecular weight is 450 g/mol. The van der Waals surface area contributed by atoms with Crippen LogP contribution in [0.1, 0.15) is 17.3 Å². The Hall–Kier alpha value is -3.24. The maximum absolute atomic E-state index is 12.6. The van der Waals surface area contributed by atoms with Crippen LogP contribution in [0.5, 0.6) is 11.7 Å². The van der Waals surface area contributed by atoms with Crippen molar-refractivity contribution in [3.63, 3.8) is 0 Å². The maximum atomic E-state index is 12.6. The molecule has 1 atom stereocenters. The molecule has 0 saturated carbocycles. The third kappa shape index (κ3) is 4.66. The topological polar surface area (TPSA) is 129 Å². The van der Waals surface area contributed by atoms with Crippen LogP contribution in [-0.2, 0) is 4.79 Å². The molecule has 3 aromatic rings. The van der Waals surface area contributed by atoms with Crippen LogP contribution in [0.3, 0.4) is 0 Å². The van der Waals surface area contributed by atoms with Crippen molar-refractivity contribution < 1.29 is 33.7 Å². The Balaban J connectivity index is 1.78. The Morgan fingerprint density at radius 2 is 2.00 bits per heavy atom. The summed E-state index contributed by atoms with van der Waals surface area (Å²) in [6.07, 6.45) is 0. The van der Waals surface area contributed by atoms with Gasteiger partial charge in [0.1, 0.15) is 5.75 Å². The second-order valence-corrected chi connectivity index (χ2v) is 7.76. The summed E-state index contributed by atoms with van der Waals surface area (Å²) in [6, 6.07) is 10.7. The summed E-state index contributed by atoms with van der Waals surface area (Å²) in [6.45, 7) is 1.58. The Kier molecular flexibility index (Phi) is 6.48. The molecule has 156 valence electrons. The van der Waals surface area contributed by atoms with Crippen molar-refractivity contribution in [2.45, 2.75) is 17.2 Å². The molecule has 0 aliphatic heterocycles. The number of nitrogens with one attached hydrogen (secondary N) is 1. The molecule has 3 rings (SSSR count). The number of nitrogens with zero attached hydrogens (tertiary/aromatic N) is 2. The van der Waals surface area contributed by atoms with E-state index in [9.17, 15) is 14.7 Å². The van der Waals surface area contributed by atoms with Gasteiger partial charge >= 0.3 is 5.97 Å². The van der Waals surface area contributed by atoms with Gasteiger partial charge in [0.2, 0.25) is 11.6 Å². The number of amides is 1. The number of carbonyl (C=O) groups is 2. The highest BCUT2D eigenvalue weighted by molar-refractivity contribution is 8.00. The first-order valence-corrected chi connectivity index (χ1v) is 9.79. The average Bonchev–Trinajstić information content (AvgIpc) is 3.09. The van der Waals surface area contributed by atoms with Crippen LogP contribution in [0.4, 0.5) is 5.69 Å². The predicted molar refractivity (Wildman–Crippen MR) is 106 cm³/mol. The van der Waals surface area contributed by atoms with Crippen LogP contribution in [-0.4, -0.2) is 34.6 Å². The van der Waals surface area contributed by atoms with Gasteiger partial charge in [-0.15, -0.1) is 0 Å². The number of hydrogen-bond donors (Lipinski definition) is 2. The first-order valence-electron chi connectivity index (χ1n) is 8.54. The van der Waals surface area contributed by atoms with Crippen LogP contribution in [0.2, 0.25) is 5.02 Å². The molecule has 1 heterocycles. The molecule has 1 aromatic heterocycles. The Bertz CT molecular complexity index is 1090. The fraction of sp³-hybridized carbons (Fsp3) is 0.158. The van der Waals surface area contributed by atoms with E-state index >= 15 is 0 Å². The van der Waals surface area contributed by atoms with Crippen LogP contribution >= 0.6 is 23.4 Å². The van der Waals surface area contributed by atoms with E-state index in [0.717, 1.165) is 11.8 Å². The fourth-order valence-corrected chi connectivity index (χ4v) is 3.47. The standard InChI is InChI=1S/C19H16ClN3O6S/c1-10(16(24)21-15-9-11(18(25)26)3-8-14(15)20)30-17-19(27)29-22-23(17)12-4-6-13(28-2)7-5-12/h3-10H,1-2H3,(H2-,21,22,24,25,26,27). The van der Waals surface area contributed by atoms with Gasteiger partial charge in [-0.2, -0.15) is 0 Å². The molecule has 0 bridgehead atoms. The molecule has 1 amide bonds. The van der Waals surface area contributed by atoms with Crippen LogP contribution < -0.4 is 19.8 Å². The molecule has 0 fully saturated rings. The zero-order valence-corrected chi connectivity index (χ0v) is 17.4. The molecular weight excluding hydrogens is 434 g/mol. The van der Waals surface area contributed by atoms with Crippen molar-refractivity contribution in [3.8, 4) is 17.4 Å². The smallest absolute Gasteiger partial charge is 0.335 e. The summed E-state index contributed by atoms with van der Waals surface area (Å²) in [5, 5.41) is 27.1. The number of aromatic carboxylic acids is 1. The number of thioether (sulfide) groups is 1. The largest absolute Gasteiger partial charge is 0.538 e. The van der Waals surface area contributed by atoms with E-state index < -0.39 is 23.1 Å². The number of benzene rings is 2. The lowest BCUT2D eigenvalue weighted by Crippen LogP contribution is -2.36. The number of carboxylic acid groups (broad SMARTS) is 1. The van der Waals surface area contributed by atoms with E-state index in [0.29, 0.717) is 11.4 Å². The van der Waals surface area contributed by atoms with Gasteiger partial charge in [0.25, 0.3) is 5.03 Å². The lowest BCUT2D eigenvalue weighted by molar-refractivity contribution is -0.705. The van der Waals surface area contributed by atoms with Gasteiger partial charge in [-0.1, -0.05) is 11.6 Å². The van der Waals surface area contributed by atoms with Gasteiger partial charge in [0.05, 0.1) is 33.9 Å². The Morgan fingerprint density at radius 3 is 2.63 bits per heavy atom. The molecule has 30 heavy (non-hydrogen) atoms. The molecule has 0 spiro atoms. The first kappa shape index (κ1) is 21.5. The minimum atomic E-state index is -1.15. The number of aromatic nitrogens is 2. The molecule has 11 heteroatoms. The highest BCUT2D eigenvalue weighted by atomic mass is 35.5. The molecular formula is C19H16ClN3O6S. The molecule has 0 aliphatic carbocycles. The zero-order valence-electron chi connectivity index (χ0n) is 15.8. The van der Waals surface area contributed by atoms with Crippen LogP contribution in [0.25, 0.3) is 5.69 Å². The highest BCUT2D eigenvalue weighted by Gasteiger charge is 2.27. The number of methoxy groups -OCH3 is 1.